The molecule has 0 atom stereocenters. The van der Waals surface area contributed by atoms with E-state index in [0.29, 0.717) is 10.9 Å². The Balaban J connectivity index is 2.56. The number of aromatic nitrogens is 2. The van der Waals surface area contributed by atoms with Crippen LogP contribution in [0.2, 0.25) is 0 Å². The van der Waals surface area contributed by atoms with Crippen LogP contribution in [-0.4, -0.2) is 16.6 Å². The van der Waals surface area contributed by atoms with Crippen molar-refractivity contribution in [3.63, 3.8) is 0 Å². The van der Waals surface area contributed by atoms with Gasteiger partial charge < -0.3 is 0 Å². The highest BCUT2D eigenvalue weighted by Crippen LogP contribution is 2.26. The van der Waals surface area contributed by atoms with Crippen LogP contribution in [0, 0.1) is 0 Å². The van der Waals surface area contributed by atoms with Gasteiger partial charge in [-0.2, -0.15) is 8.78 Å². The standard InChI is InChI=1S/C10H7F3N2/c11-6-10(12,13)9-14-5-7-3-1-2-4-8(7)15-9/h1-5H,6H2. The van der Waals surface area contributed by atoms with E-state index in [0.717, 1.165) is 0 Å². The number of benzene rings is 1. The van der Waals surface area contributed by atoms with E-state index in [1.54, 1.807) is 24.3 Å². The molecule has 1 heterocycles. The van der Waals surface area contributed by atoms with Crippen LogP contribution in [0.15, 0.2) is 30.5 Å². The Bertz CT molecular complexity index is 485. The number of alkyl halides is 3. The lowest BCUT2D eigenvalue weighted by Gasteiger charge is -2.10. The van der Waals surface area contributed by atoms with Gasteiger partial charge in [-0.05, 0) is 6.07 Å². The number of hydrogen-bond acceptors (Lipinski definition) is 2. The molecule has 0 aliphatic rings. The molecule has 0 radical (unpaired) electrons. The molecule has 1 aromatic carbocycles. The summed E-state index contributed by atoms with van der Waals surface area (Å²) in [7, 11) is 0. The van der Waals surface area contributed by atoms with Crippen molar-refractivity contribution in [3.8, 4) is 0 Å². The topological polar surface area (TPSA) is 25.8 Å². The van der Waals surface area contributed by atoms with Crippen molar-refractivity contribution >= 4 is 10.9 Å². The van der Waals surface area contributed by atoms with E-state index in [1.165, 1.54) is 6.20 Å². The summed E-state index contributed by atoms with van der Waals surface area (Å²) in [6.45, 7) is -1.79. The third kappa shape index (κ3) is 1.77. The first-order chi connectivity index (χ1) is 7.13. The molecule has 78 valence electrons. The molecule has 15 heavy (non-hydrogen) atoms. The van der Waals surface area contributed by atoms with Gasteiger partial charge in [0.1, 0.15) is 0 Å². The highest BCUT2D eigenvalue weighted by molar-refractivity contribution is 5.77. The maximum Gasteiger partial charge on any atom is 0.334 e. The fourth-order valence-corrected chi connectivity index (χ4v) is 1.21. The Labute approximate surface area is 83.8 Å². The van der Waals surface area contributed by atoms with Crippen molar-refractivity contribution < 1.29 is 13.2 Å². The Hall–Kier alpha value is -1.65. The molecule has 5 heteroatoms. The van der Waals surface area contributed by atoms with Crippen molar-refractivity contribution in [1.82, 2.24) is 9.97 Å². The van der Waals surface area contributed by atoms with E-state index >= 15 is 0 Å². The third-order valence-electron chi connectivity index (χ3n) is 1.98. The molecule has 0 saturated carbocycles. The summed E-state index contributed by atoms with van der Waals surface area (Å²) in [5.41, 5.74) is 0.385. The molecular formula is C10H7F3N2. The quantitative estimate of drug-likeness (QED) is 0.764. The normalized spacial score (nSPS) is 11.9. The number of para-hydroxylation sites is 1. The average molecular weight is 212 g/mol. The maximum atomic E-state index is 12.9. The SMILES string of the molecule is FCC(F)(F)c1ncc2ccccc2n1. The number of hydrogen-bond donors (Lipinski definition) is 0. The van der Waals surface area contributed by atoms with Gasteiger partial charge in [-0.15, -0.1) is 0 Å². The molecule has 2 rings (SSSR count). The molecule has 0 bridgehead atoms. The van der Waals surface area contributed by atoms with Crippen LogP contribution in [-0.2, 0) is 5.92 Å². The predicted octanol–water partition coefficient (Wildman–Crippen LogP) is 2.69. The van der Waals surface area contributed by atoms with E-state index in [-0.39, 0.29) is 0 Å². The molecule has 0 spiro atoms. The molecule has 0 fully saturated rings. The lowest BCUT2D eigenvalue weighted by Crippen LogP contribution is -2.19. The maximum absolute atomic E-state index is 12.9. The zero-order valence-corrected chi connectivity index (χ0v) is 7.62. The van der Waals surface area contributed by atoms with Crippen molar-refractivity contribution in [1.29, 1.82) is 0 Å². The minimum atomic E-state index is -3.61. The predicted molar refractivity (Wildman–Crippen MR) is 49.4 cm³/mol. The van der Waals surface area contributed by atoms with Crippen LogP contribution in [0.25, 0.3) is 10.9 Å². The number of fused-ring (bicyclic) bond motifs is 1. The minimum Gasteiger partial charge on any atom is -0.244 e. The Morgan fingerprint density at radius 2 is 1.93 bits per heavy atom. The van der Waals surface area contributed by atoms with Crippen molar-refractivity contribution in [3.05, 3.63) is 36.3 Å². The Kier molecular flexibility index (Phi) is 2.30. The molecule has 0 aliphatic heterocycles. The second-order valence-corrected chi connectivity index (χ2v) is 3.09. The van der Waals surface area contributed by atoms with Crippen LogP contribution < -0.4 is 0 Å². The molecule has 0 amide bonds. The Morgan fingerprint density at radius 1 is 1.20 bits per heavy atom. The molecule has 0 N–H and O–H groups in total. The van der Waals surface area contributed by atoms with Crippen LogP contribution in [0.1, 0.15) is 5.82 Å². The van der Waals surface area contributed by atoms with E-state index in [1.807, 2.05) is 0 Å². The number of halogens is 3. The summed E-state index contributed by atoms with van der Waals surface area (Å²) in [6, 6.07) is 6.70. The monoisotopic (exact) mass is 212 g/mol. The number of nitrogens with zero attached hydrogens (tertiary/aromatic N) is 2. The van der Waals surface area contributed by atoms with Crippen molar-refractivity contribution in [2.75, 3.05) is 6.67 Å². The van der Waals surface area contributed by atoms with Gasteiger partial charge >= 0.3 is 5.92 Å². The minimum absolute atomic E-state index is 0.385. The molecule has 1 aromatic heterocycles. The lowest BCUT2D eigenvalue weighted by atomic mass is 10.2. The summed E-state index contributed by atoms with van der Waals surface area (Å²) in [6.07, 6.45) is 1.27. The summed E-state index contributed by atoms with van der Waals surface area (Å²) >= 11 is 0. The summed E-state index contributed by atoms with van der Waals surface area (Å²) in [4.78, 5) is 7.06. The van der Waals surface area contributed by atoms with Crippen molar-refractivity contribution in [2.24, 2.45) is 0 Å². The van der Waals surface area contributed by atoms with Crippen LogP contribution in [0.5, 0.6) is 0 Å². The van der Waals surface area contributed by atoms with E-state index in [9.17, 15) is 13.2 Å². The van der Waals surface area contributed by atoms with Crippen LogP contribution in [0.3, 0.4) is 0 Å². The second kappa shape index (κ2) is 3.49. The van der Waals surface area contributed by atoms with E-state index in [4.69, 9.17) is 0 Å². The van der Waals surface area contributed by atoms with E-state index < -0.39 is 18.4 Å². The van der Waals surface area contributed by atoms with Gasteiger partial charge in [-0.3, -0.25) is 0 Å². The van der Waals surface area contributed by atoms with E-state index in [2.05, 4.69) is 9.97 Å². The highest BCUT2D eigenvalue weighted by Gasteiger charge is 2.35. The summed E-state index contributed by atoms with van der Waals surface area (Å²) in [5.74, 6) is -4.38. The molecule has 0 aliphatic carbocycles. The zero-order chi connectivity index (χ0) is 10.9. The van der Waals surface area contributed by atoms with Gasteiger partial charge in [0.05, 0.1) is 5.52 Å². The third-order valence-corrected chi connectivity index (χ3v) is 1.98. The van der Waals surface area contributed by atoms with Crippen LogP contribution >= 0.6 is 0 Å². The Morgan fingerprint density at radius 3 is 2.67 bits per heavy atom. The molecule has 0 unspecified atom stereocenters. The molecule has 2 nitrogen and oxygen atoms in total. The average Bonchev–Trinajstić information content (AvgIpc) is 2.28. The summed E-state index contributed by atoms with van der Waals surface area (Å²) in [5, 5.41) is 0.649. The van der Waals surface area contributed by atoms with Gasteiger partial charge in [-0.25, -0.2) is 14.4 Å². The largest absolute Gasteiger partial charge is 0.334 e. The first kappa shape index (κ1) is 9.89. The second-order valence-electron chi connectivity index (χ2n) is 3.09. The molecule has 2 aromatic rings. The van der Waals surface area contributed by atoms with Crippen LogP contribution in [0.4, 0.5) is 13.2 Å². The first-order valence-electron chi connectivity index (χ1n) is 4.29. The number of rotatable bonds is 2. The van der Waals surface area contributed by atoms with Gasteiger partial charge in [0.25, 0.3) is 0 Å². The fourth-order valence-electron chi connectivity index (χ4n) is 1.21. The smallest absolute Gasteiger partial charge is 0.244 e. The highest BCUT2D eigenvalue weighted by atomic mass is 19.3. The summed E-state index contributed by atoms with van der Waals surface area (Å²) < 4.78 is 37.9. The molecule has 0 saturated heterocycles. The van der Waals surface area contributed by atoms with Gasteiger partial charge in [0, 0.05) is 11.6 Å². The zero-order valence-electron chi connectivity index (χ0n) is 7.62. The first-order valence-corrected chi connectivity index (χ1v) is 4.29. The fraction of sp³-hybridized carbons (Fsp3) is 0.200. The van der Waals surface area contributed by atoms with Gasteiger partial charge in [0.15, 0.2) is 6.67 Å². The van der Waals surface area contributed by atoms with Crippen molar-refractivity contribution in [2.45, 2.75) is 5.92 Å². The van der Waals surface area contributed by atoms with Gasteiger partial charge in [0.2, 0.25) is 5.82 Å². The lowest BCUT2D eigenvalue weighted by molar-refractivity contribution is -0.0362. The molecular weight excluding hydrogens is 205 g/mol. The van der Waals surface area contributed by atoms with Gasteiger partial charge in [-0.1, -0.05) is 18.2 Å².